The summed E-state index contributed by atoms with van der Waals surface area (Å²) in [6, 6.07) is 16.5. The van der Waals surface area contributed by atoms with E-state index in [0.717, 1.165) is 35.8 Å². The summed E-state index contributed by atoms with van der Waals surface area (Å²) in [6.07, 6.45) is 1.46. The number of nitrogens with zero attached hydrogens (tertiary/aromatic N) is 4. The SMILES string of the molecule is COc1ccc2c(c1)C(OC(=O)N1CCN(C3CCN(C)CC3)CC1)(c1ccccc1C(C)C)C(=O)N2S(=O)(=O)c1ccc(OC)c(OC)c1.Cl.Cl. The molecule has 2 amide bonds. The fraction of sp³-hybridized carbons (Fsp3) is 0.459. The van der Waals surface area contributed by atoms with Crippen molar-refractivity contribution in [3.05, 3.63) is 77.4 Å². The Labute approximate surface area is 318 Å². The molecule has 12 nitrogen and oxygen atoms in total. The second kappa shape index (κ2) is 16.5. The Balaban J connectivity index is 0.00000302. The van der Waals surface area contributed by atoms with E-state index >= 15 is 4.79 Å². The van der Waals surface area contributed by atoms with Crippen LogP contribution >= 0.6 is 24.8 Å². The molecule has 0 N–H and O–H groups in total. The van der Waals surface area contributed by atoms with Crippen molar-refractivity contribution in [2.24, 2.45) is 0 Å². The van der Waals surface area contributed by atoms with Gasteiger partial charge in [-0.2, -0.15) is 4.31 Å². The van der Waals surface area contributed by atoms with E-state index in [1.54, 1.807) is 29.2 Å². The average molecular weight is 780 g/mol. The summed E-state index contributed by atoms with van der Waals surface area (Å²) < 4.78 is 52.7. The van der Waals surface area contributed by atoms with Gasteiger partial charge in [0.2, 0.25) is 5.60 Å². The molecule has 3 aromatic carbocycles. The first-order chi connectivity index (χ1) is 24.0. The Hall–Kier alpha value is -3.75. The number of piperidine rings is 1. The van der Waals surface area contributed by atoms with E-state index in [9.17, 15) is 13.2 Å². The third-order valence-electron chi connectivity index (χ3n) is 10.2. The van der Waals surface area contributed by atoms with Gasteiger partial charge in [-0.3, -0.25) is 9.69 Å². The van der Waals surface area contributed by atoms with E-state index in [2.05, 4.69) is 16.8 Å². The van der Waals surface area contributed by atoms with Gasteiger partial charge in [0.15, 0.2) is 11.5 Å². The van der Waals surface area contributed by atoms with Crippen molar-refractivity contribution in [1.29, 1.82) is 0 Å². The first kappa shape index (κ1) is 41.0. The molecule has 2 saturated heterocycles. The number of hydrogen-bond donors (Lipinski definition) is 0. The van der Waals surface area contributed by atoms with Gasteiger partial charge in [-0.15, -0.1) is 24.8 Å². The zero-order valence-electron chi connectivity index (χ0n) is 30.4. The van der Waals surface area contributed by atoms with Gasteiger partial charge < -0.3 is 28.7 Å². The molecule has 0 aliphatic carbocycles. The number of methoxy groups -OCH3 is 3. The fourth-order valence-corrected chi connectivity index (χ4v) is 8.82. The molecule has 3 aromatic rings. The number of amides is 2. The summed E-state index contributed by atoms with van der Waals surface area (Å²) in [5.74, 6) is -0.150. The molecule has 3 heterocycles. The number of carbonyl (C=O) groups is 2. The lowest BCUT2D eigenvalue weighted by Crippen LogP contribution is -2.55. The van der Waals surface area contributed by atoms with Gasteiger partial charge in [-0.05, 0) is 74.8 Å². The number of fused-ring (bicyclic) bond motifs is 1. The molecule has 0 spiro atoms. The number of sulfonamides is 1. The predicted octanol–water partition coefficient (Wildman–Crippen LogP) is 5.51. The smallest absolute Gasteiger partial charge is 0.411 e. The van der Waals surface area contributed by atoms with E-state index in [1.807, 2.05) is 26.0 Å². The lowest BCUT2D eigenvalue weighted by atomic mass is 9.81. The third kappa shape index (κ3) is 7.25. The van der Waals surface area contributed by atoms with Crippen LogP contribution in [0.3, 0.4) is 0 Å². The number of rotatable bonds is 9. The monoisotopic (exact) mass is 778 g/mol. The number of benzene rings is 3. The molecule has 0 radical (unpaired) electrons. The molecule has 15 heteroatoms. The Morgan fingerprint density at radius 1 is 0.808 bits per heavy atom. The van der Waals surface area contributed by atoms with Gasteiger partial charge in [0.1, 0.15) is 5.75 Å². The van der Waals surface area contributed by atoms with Crippen molar-refractivity contribution in [1.82, 2.24) is 14.7 Å². The van der Waals surface area contributed by atoms with Crippen molar-refractivity contribution < 1.29 is 37.0 Å². The minimum atomic E-state index is -4.58. The molecular weight excluding hydrogens is 731 g/mol. The van der Waals surface area contributed by atoms with Gasteiger partial charge in [0.25, 0.3) is 15.9 Å². The molecule has 1 unspecified atom stereocenters. The van der Waals surface area contributed by atoms with Crippen molar-refractivity contribution in [2.45, 2.75) is 49.1 Å². The van der Waals surface area contributed by atoms with Crippen LogP contribution in [0.1, 0.15) is 49.3 Å². The first-order valence-electron chi connectivity index (χ1n) is 17.0. The molecule has 1 atom stereocenters. The van der Waals surface area contributed by atoms with Crippen LogP contribution in [0.25, 0.3) is 0 Å². The highest BCUT2D eigenvalue weighted by molar-refractivity contribution is 7.93. The van der Waals surface area contributed by atoms with Crippen molar-refractivity contribution >= 4 is 52.5 Å². The Morgan fingerprint density at radius 3 is 2.08 bits per heavy atom. The number of hydrogen-bond acceptors (Lipinski definition) is 10. The summed E-state index contributed by atoms with van der Waals surface area (Å²) >= 11 is 0. The fourth-order valence-electron chi connectivity index (χ4n) is 7.35. The normalized spacial score (nSPS) is 19.8. The number of piperazine rings is 1. The molecule has 0 bridgehead atoms. The zero-order valence-corrected chi connectivity index (χ0v) is 32.8. The topological polar surface area (TPSA) is 118 Å². The van der Waals surface area contributed by atoms with Crippen LogP contribution in [-0.2, 0) is 25.2 Å². The van der Waals surface area contributed by atoms with Crippen LogP contribution in [0.2, 0.25) is 0 Å². The van der Waals surface area contributed by atoms with E-state index in [1.165, 1.54) is 45.6 Å². The van der Waals surface area contributed by atoms with E-state index in [0.29, 0.717) is 49.3 Å². The quantitative estimate of drug-likeness (QED) is 0.276. The van der Waals surface area contributed by atoms with Gasteiger partial charge in [0.05, 0.1) is 31.9 Å². The molecular formula is C37H48Cl2N4O8S. The minimum Gasteiger partial charge on any atom is -0.497 e. The summed E-state index contributed by atoms with van der Waals surface area (Å²) in [4.78, 5) is 35.7. The van der Waals surface area contributed by atoms with Crippen LogP contribution in [0.15, 0.2) is 65.6 Å². The zero-order chi connectivity index (χ0) is 35.8. The van der Waals surface area contributed by atoms with Gasteiger partial charge >= 0.3 is 6.09 Å². The van der Waals surface area contributed by atoms with Crippen molar-refractivity contribution in [3.63, 3.8) is 0 Å². The highest BCUT2D eigenvalue weighted by Crippen LogP contribution is 2.52. The highest BCUT2D eigenvalue weighted by Gasteiger charge is 2.60. The van der Waals surface area contributed by atoms with E-state index < -0.39 is 27.6 Å². The maximum atomic E-state index is 15.2. The van der Waals surface area contributed by atoms with Gasteiger partial charge in [-0.25, -0.2) is 13.2 Å². The highest BCUT2D eigenvalue weighted by atomic mass is 35.5. The van der Waals surface area contributed by atoms with Crippen LogP contribution in [0.5, 0.6) is 17.2 Å². The summed E-state index contributed by atoms with van der Waals surface area (Å²) in [5, 5.41) is 0. The molecule has 0 saturated carbocycles. The molecule has 3 aliphatic heterocycles. The Morgan fingerprint density at radius 2 is 1.46 bits per heavy atom. The number of likely N-dealkylation sites (tertiary alicyclic amines) is 1. The van der Waals surface area contributed by atoms with Crippen LogP contribution in [0.4, 0.5) is 10.5 Å². The molecule has 3 aliphatic rings. The summed E-state index contributed by atoms with van der Waals surface area (Å²) in [7, 11) is 1.88. The maximum absolute atomic E-state index is 15.2. The third-order valence-corrected chi connectivity index (χ3v) is 11.9. The molecule has 2 fully saturated rings. The number of anilines is 1. The number of carbonyl (C=O) groups excluding carboxylic acids is 2. The van der Waals surface area contributed by atoms with Crippen LogP contribution < -0.4 is 18.5 Å². The van der Waals surface area contributed by atoms with Gasteiger partial charge in [0, 0.05) is 49.4 Å². The summed E-state index contributed by atoms with van der Waals surface area (Å²) in [6.45, 7) is 8.21. The first-order valence-corrected chi connectivity index (χ1v) is 18.4. The second-order valence-electron chi connectivity index (χ2n) is 13.3. The van der Waals surface area contributed by atoms with Crippen molar-refractivity contribution in [2.75, 3.05) is 72.0 Å². The van der Waals surface area contributed by atoms with Crippen molar-refractivity contribution in [3.8, 4) is 17.2 Å². The molecule has 0 aromatic heterocycles. The van der Waals surface area contributed by atoms with Crippen LogP contribution in [-0.4, -0.2) is 109 Å². The number of ether oxygens (including phenoxy) is 4. The lowest BCUT2D eigenvalue weighted by molar-refractivity contribution is -0.132. The Bertz CT molecular complexity index is 1860. The van der Waals surface area contributed by atoms with Crippen LogP contribution in [0, 0.1) is 0 Å². The summed E-state index contributed by atoms with van der Waals surface area (Å²) in [5.41, 5.74) is -0.768. The molecule has 6 rings (SSSR count). The second-order valence-corrected chi connectivity index (χ2v) is 15.1. The Kier molecular flexibility index (Phi) is 13.0. The van der Waals surface area contributed by atoms with E-state index in [4.69, 9.17) is 18.9 Å². The van der Waals surface area contributed by atoms with E-state index in [-0.39, 0.29) is 52.6 Å². The van der Waals surface area contributed by atoms with Gasteiger partial charge in [-0.1, -0.05) is 38.1 Å². The lowest BCUT2D eigenvalue weighted by Gasteiger charge is -2.42. The minimum absolute atomic E-state index is 0. The molecule has 284 valence electrons. The largest absolute Gasteiger partial charge is 0.497 e. The average Bonchev–Trinajstić information content (AvgIpc) is 3.38. The standard InChI is InChI=1S/C37H46N4O8S.2ClH/c1-25(2)29-9-7-8-10-30(29)37(49-36(43)40-21-19-39(20-22-40)26-15-17-38(3)18-16-26)31-23-27(46-4)11-13-32(31)41(35(37)42)50(44,45)28-12-14-33(47-5)34(24-28)48-6;;/h7-14,23-26H,15-22H2,1-6H3;2*1H. The molecule has 52 heavy (non-hydrogen) atoms. The maximum Gasteiger partial charge on any atom is 0.411 e. The number of halogens is 2. The predicted molar refractivity (Wildman–Crippen MR) is 203 cm³/mol.